The molecule has 4 bridgehead atoms. The minimum atomic E-state index is -4.72. The molecule has 0 aliphatic heterocycles. The number of halogens is 4. The van der Waals surface area contributed by atoms with Gasteiger partial charge >= 0.3 is 6.18 Å². The Kier molecular flexibility index (Phi) is 6.13. The lowest BCUT2D eigenvalue weighted by Gasteiger charge is -2.59. The van der Waals surface area contributed by atoms with E-state index in [2.05, 4.69) is 26.0 Å². The summed E-state index contributed by atoms with van der Waals surface area (Å²) in [5.74, 6) is -0.329. The van der Waals surface area contributed by atoms with Crippen molar-refractivity contribution >= 4 is 37.8 Å². The molecule has 0 aromatic heterocycles. The SMILES string of the molecule is CC(C)(NS(=O)(=O)c1cc(C(F)(F)F)ccc1Br)C(=O)NC1C2CC3CC1CC(C(N)=O)(C3)C2. The van der Waals surface area contributed by atoms with Crippen molar-refractivity contribution in [1.29, 1.82) is 0 Å². The summed E-state index contributed by atoms with van der Waals surface area (Å²) in [7, 11) is -4.48. The summed E-state index contributed by atoms with van der Waals surface area (Å²) < 4.78 is 67.5. The van der Waals surface area contributed by atoms with E-state index in [0.29, 0.717) is 24.8 Å². The molecule has 0 radical (unpaired) electrons. The van der Waals surface area contributed by atoms with Gasteiger partial charge in [-0.1, -0.05) is 0 Å². The van der Waals surface area contributed by atoms with Crippen molar-refractivity contribution in [2.24, 2.45) is 28.9 Å². The molecule has 4 aliphatic carbocycles. The highest BCUT2D eigenvalue weighted by atomic mass is 79.9. The van der Waals surface area contributed by atoms with Crippen LogP contribution in [0.25, 0.3) is 0 Å². The molecule has 34 heavy (non-hydrogen) atoms. The molecule has 12 heteroatoms. The Hall–Kier alpha value is -1.66. The van der Waals surface area contributed by atoms with Crippen molar-refractivity contribution in [3.63, 3.8) is 0 Å². The Labute approximate surface area is 204 Å². The molecule has 2 atom stereocenters. The van der Waals surface area contributed by atoms with E-state index >= 15 is 0 Å². The molecule has 0 heterocycles. The summed E-state index contributed by atoms with van der Waals surface area (Å²) in [6.07, 6.45) is -0.986. The van der Waals surface area contributed by atoms with Gasteiger partial charge in [-0.3, -0.25) is 9.59 Å². The number of hydrogen-bond donors (Lipinski definition) is 3. The van der Waals surface area contributed by atoms with Crippen LogP contribution in [0.1, 0.15) is 51.5 Å². The first-order valence-electron chi connectivity index (χ1n) is 11.1. The second-order valence-electron chi connectivity index (χ2n) is 10.5. The molecule has 0 saturated heterocycles. The Bertz CT molecular complexity index is 1120. The van der Waals surface area contributed by atoms with Crippen LogP contribution in [-0.4, -0.2) is 31.8 Å². The molecule has 7 nitrogen and oxygen atoms in total. The lowest BCUT2D eigenvalue weighted by molar-refractivity contribution is -0.148. The number of carbonyl (C=O) groups excluding carboxylic acids is 2. The topological polar surface area (TPSA) is 118 Å². The maximum Gasteiger partial charge on any atom is 0.416 e. The number of sulfonamides is 1. The summed E-state index contributed by atoms with van der Waals surface area (Å²) in [5, 5.41) is 2.97. The zero-order valence-corrected chi connectivity index (χ0v) is 21.1. The number of hydrogen-bond acceptors (Lipinski definition) is 4. The molecule has 188 valence electrons. The number of primary amides is 1. The highest BCUT2D eigenvalue weighted by Gasteiger charge is 2.58. The normalized spacial score (nSPS) is 30.9. The minimum Gasteiger partial charge on any atom is -0.369 e. The van der Waals surface area contributed by atoms with Gasteiger partial charge in [0.15, 0.2) is 0 Å². The second-order valence-corrected chi connectivity index (χ2v) is 13.0. The third kappa shape index (κ3) is 4.48. The molecular formula is C22H27BrF3N3O4S. The van der Waals surface area contributed by atoms with Crippen LogP contribution in [-0.2, 0) is 25.8 Å². The largest absolute Gasteiger partial charge is 0.416 e. The van der Waals surface area contributed by atoms with Crippen molar-refractivity contribution in [2.45, 2.75) is 68.6 Å². The van der Waals surface area contributed by atoms with Crippen molar-refractivity contribution in [3.05, 3.63) is 28.2 Å². The average Bonchev–Trinajstić information content (AvgIpc) is 2.68. The van der Waals surface area contributed by atoms with Gasteiger partial charge in [0.1, 0.15) is 5.54 Å². The number of amides is 2. The number of nitrogens with one attached hydrogen (secondary N) is 2. The van der Waals surface area contributed by atoms with Gasteiger partial charge in [-0.2, -0.15) is 17.9 Å². The van der Waals surface area contributed by atoms with Crippen LogP contribution in [0.3, 0.4) is 0 Å². The molecular weight excluding hydrogens is 539 g/mol. The fourth-order valence-corrected chi connectivity index (χ4v) is 8.58. The van der Waals surface area contributed by atoms with Gasteiger partial charge in [0.05, 0.1) is 10.5 Å². The predicted octanol–water partition coefficient (Wildman–Crippen LogP) is 3.32. The van der Waals surface area contributed by atoms with Crippen LogP contribution in [0.2, 0.25) is 0 Å². The maximum absolute atomic E-state index is 13.2. The van der Waals surface area contributed by atoms with Crippen LogP contribution in [0.4, 0.5) is 13.2 Å². The van der Waals surface area contributed by atoms with E-state index in [-0.39, 0.29) is 28.3 Å². The maximum atomic E-state index is 13.2. The van der Waals surface area contributed by atoms with E-state index in [9.17, 15) is 31.2 Å². The van der Waals surface area contributed by atoms with Gasteiger partial charge in [0.2, 0.25) is 21.8 Å². The summed E-state index contributed by atoms with van der Waals surface area (Å²) >= 11 is 2.99. The Morgan fingerprint density at radius 3 is 2.24 bits per heavy atom. The third-order valence-corrected chi connectivity index (χ3v) is 10.2. The van der Waals surface area contributed by atoms with E-state index in [1.54, 1.807) is 0 Å². The van der Waals surface area contributed by atoms with Gasteiger partial charge in [-0.25, -0.2) is 8.42 Å². The fourth-order valence-electron chi connectivity index (χ4n) is 6.22. The first kappa shape index (κ1) is 25.4. The zero-order chi connectivity index (χ0) is 25.3. The molecule has 4 fully saturated rings. The first-order chi connectivity index (χ1) is 15.5. The van der Waals surface area contributed by atoms with Gasteiger partial charge in [-0.15, -0.1) is 0 Å². The van der Waals surface area contributed by atoms with Crippen LogP contribution in [0.15, 0.2) is 27.6 Å². The van der Waals surface area contributed by atoms with E-state index in [1.165, 1.54) is 13.8 Å². The molecule has 1 aromatic rings. The Morgan fingerprint density at radius 1 is 1.12 bits per heavy atom. The van der Waals surface area contributed by atoms with Gasteiger partial charge < -0.3 is 11.1 Å². The Balaban J connectivity index is 1.51. The van der Waals surface area contributed by atoms with Crippen molar-refractivity contribution in [3.8, 4) is 0 Å². The van der Waals surface area contributed by atoms with Gasteiger partial charge in [-0.05, 0) is 97.8 Å². The predicted molar refractivity (Wildman–Crippen MR) is 121 cm³/mol. The monoisotopic (exact) mass is 565 g/mol. The van der Waals surface area contributed by atoms with Crippen LogP contribution in [0.5, 0.6) is 0 Å². The second kappa shape index (κ2) is 8.19. The number of carbonyl (C=O) groups is 2. The molecule has 1 aromatic carbocycles. The van der Waals surface area contributed by atoms with Crippen molar-refractivity contribution in [1.82, 2.24) is 10.0 Å². The summed E-state index contributed by atoms with van der Waals surface area (Å²) in [6.45, 7) is 2.73. The third-order valence-electron chi connectivity index (χ3n) is 7.60. The molecule has 5 rings (SSSR count). The molecule has 2 amide bonds. The molecule has 0 spiro atoms. The minimum absolute atomic E-state index is 0.0537. The van der Waals surface area contributed by atoms with E-state index in [1.807, 2.05) is 0 Å². The van der Waals surface area contributed by atoms with Crippen molar-refractivity contribution in [2.75, 3.05) is 0 Å². The van der Waals surface area contributed by atoms with Gasteiger partial charge in [0, 0.05) is 15.9 Å². The van der Waals surface area contributed by atoms with Crippen LogP contribution < -0.4 is 15.8 Å². The molecule has 2 unspecified atom stereocenters. The number of alkyl halides is 3. The first-order valence-corrected chi connectivity index (χ1v) is 13.3. The smallest absolute Gasteiger partial charge is 0.369 e. The molecule has 4 N–H and O–H groups in total. The standard InChI is InChI=1S/C22H27BrF3N3O4S/c1-20(2,29-34(32,33)16-7-14(22(24,25)26)3-4-15(16)23)19(31)28-17-12-5-11-6-13(17)10-21(8-11,9-12)18(27)30/h3-4,7,11-13,17,29H,5-6,8-10H2,1-2H3,(H2,27,30)(H,28,31). The van der Waals surface area contributed by atoms with E-state index < -0.39 is 43.5 Å². The lowest BCUT2D eigenvalue weighted by Crippen LogP contribution is -2.65. The quantitative estimate of drug-likeness (QED) is 0.490. The highest BCUT2D eigenvalue weighted by molar-refractivity contribution is 9.10. The number of nitrogens with two attached hydrogens (primary N) is 1. The average molecular weight is 566 g/mol. The number of benzene rings is 1. The van der Waals surface area contributed by atoms with E-state index in [0.717, 1.165) is 31.4 Å². The fraction of sp³-hybridized carbons (Fsp3) is 0.636. The van der Waals surface area contributed by atoms with E-state index in [4.69, 9.17) is 5.73 Å². The van der Waals surface area contributed by atoms with Crippen molar-refractivity contribution < 1.29 is 31.2 Å². The van der Waals surface area contributed by atoms with Crippen LogP contribution in [0, 0.1) is 23.2 Å². The van der Waals surface area contributed by atoms with Crippen LogP contribution >= 0.6 is 15.9 Å². The zero-order valence-electron chi connectivity index (χ0n) is 18.7. The summed E-state index contributed by atoms with van der Waals surface area (Å²) in [5.41, 5.74) is 2.43. The Morgan fingerprint density at radius 2 is 1.71 bits per heavy atom. The lowest BCUT2D eigenvalue weighted by atomic mass is 9.47. The highest BCUT2D eigenvalue weighted by Crippen LogP contribution is 2.60. The number of rotatable bonds is 6. The summed E-state index contributed by atoms with van der Waals surface area (Å²) in [4.78, 5) is 24.7. The summed E-state index contributed by atoms with van der Waals surface area (Å²) in [6, 6.07) is 2.10. The van der Waals surface area contributed by atoms with Gasteiger partial charge in [0.25, 0.3) is 0 Å². The molecule has 4 saturated carbocycles. The molecule has 4 aliphatic rings.